The minimum absolute atomic E-state index is 0.117. The molecule has 0 saturated carbocycles. The highest BCUT2D eigenvalue weighted by Crippen LogP contribution is 2.27. The molecule has 0 aliphatic carbocycles. The fourth-order valence-electron chi connectivity index (χ4n) is 3.84. The SMILES string of the molecule is CCCCCCC1NC(=O)C(Cc2ccc(O)c(O)c2)N(Cc2ccc(C)o2)C1=O. The maximum atomic E-state index is 13.2. The van der Waals surface area contributed by atoms with E-state index in [1.54, 1.807) is 11.0 Å². The van der Waals surface area contributed by atoms with Crippen molar-refractivity contribution in [2.75, 3.05) is 0 Å². The van der Waals surface area contributed by atoms with E-state index in [2.05, 4.69) is 12.2 Å². The third kappa shape index (κ3) is 5.14. The predicted octanol–water partition coefficient (Wildman–Crippen LogP) is 3.41. The Morgan fingerprint density at radius 1 is 1.07 bits per heavy atom. The molecule has 2 atom stereocenters. The molecule has 162 valence electrons. The van der Waals surface area contributed by atoms with Crippen molar-refractivity contribution in [3.63, 3.8) is 0 Å². The number of unbranched alkanes of at least 4 members (excludes halogenated alkanes) is 3. The summed E-state index contributed by atoms with van der Waals surface area (Å²) in [6.45, 7) is 4.17. The van der Waals surface area contributed by atoms with Crippen molar-refractivity contribution in [3.05, 3.63) is 47.4 Å². The number of carbonyl (C=O) groups is 2. The topological polar surface area (TPSA) is 103 Å². The van der Waals surface area contributed by atoms with Crippen molar-refractivity contribution in [3.8, 4) is 11.5 Å². The minimum Gasteiger partial charge on any atom is -0.504 e. The summed E-state index contributed by atoms with van der Waals surface area (Å²) >= 11 is 0. The molecule has 1 aliphatic rings. The fraction of sp³-hybridized carbons (Fsp3) is 0.478. The van der Waals surface area contributed by atoms with Gasteiger partial charge in [0.25, 0.3) is 0 Å². The van der Waals surface area contributed by atoms with E-state index in [0.717, 1.165) is 31.4 Å². The molecule has 2 amide bonds. The molecule has 30 heavy (non-hydrogen) atoms. The van der Waals surface area contributed by atoms with Gasteiger partial charge in [-0.1, -0.05) is 38.7 Å². The molecule has 2 heterocycles. The molecular formula is C23H30N2O5. The van der Waals surface area contributed by atoms with Crippen LogP contribution in [0.4, 0.5) is 0 Å². The van der Waals surface area contributed by atoms with Crippen molar-refractivity contribution in [1.82, 2.24) is 10.2 Å². The number of furan rings is 1. The third-order valence-corrected chi connectivity index (χ3v) is 5.51. The molecule has 0 radical (unpaired) electrons. The van der Waals surface area contributed by atoms with Gasteiger partial charge in [-0.05, 0) is 43.2 Å². The first-order valence-corrected chi connectivity index (χ1v) is 10.6. The van der Waals surface area contributed by atoms with Gasteiger partial charge in [0, 0.05) is 6.42 Å². The van der Waals surface area contributed by atoms with E-state index >= 15 is 0 Å². The van der Waals surface area contributed by atoms with Crippen LogP contribution < -0.4 is 5.32 Å². The maximum Gasteiger partial charge on any atom is 0.246 e. The van der Waals surface area contributed by atoms with Crippen LogP contribution in [0.25, 0.3) is 0 Å². The lowest BCUT2D eigenvalue weighted by Crippen LogP contribution is -2.63. The van der Waals surface area contributed by atoms with Gasteiger partial charge in [0.15, 0.2) is 11.5 Å². The van der Waals surface area contributed by atoms with Crippen molar-refractivity contribution < 1.29 is 24.2 Å². The summed E-state index contributed by atoms with van der Waals surface area (Å²) in [4.78, 5) is 27.8. The van der Waals surface area contributed by atoms with Gasteiger partial charge in [-0.15, -0.1) is 0 Å². The van der Waals surface area contributed by atoms with Gasteiger partial charge < -0.3 is 24.8 Å². The summed E-state index contributed by atoms with van der Waals surface area (Å²) in [5, 5.41) is 22.2. The summed E-state index contributed by atoms with van der Waals surface area (Å²) in [6.07, 6.45) is 4.98. The number of phenolic OH excluding ortho intramolecular Hbond substituents is 2. The van der Waals surface area contributed by atoms with E-state index in [-0.39, 0.29) is 36.3 Å². The van der Waals surface area contributed by atoms with E-state index in [1.165, 1.54) is 12.1 Å². The minimum atomic E-state index is -0.723. The third-order valence-electron chi connectivity index (χ3n) is 5.51. The second-order valence-electron chi connectivity index (χ2n) is 7.93. The van der Waals surface area contributed by atoms with Gasteiger partial charge in [0.2, 0.25) is 11.8 Å². The number of carbonyl (C=O) groups excluding carboxylic acids is 2. The molecular weight excluding hydrogens is 384 g/mol. The van der Waals surface area contributed by atoms with Crippen LogP contribution in [-0.4, -0.2) is 39.0 Å². The van der Waals surface area contributed by atoms with Crippen LogP contribution in [-0.2, 0) is 22.6 Å². The monoisotopic (exact) mass is 414 g/mol. The van der Waals surface area contributed by atoms with E-state index in [0.29, 0.717) is 17.7 Å². The molecule has 0 bridgehead atoms. The number of nitrogens with one attached hydrogen (secondary N) is 1. The quantitative estimate of drug-likeness (QED) is 0.431. The zero-order valence-electron chi connectivity index (χ0n) is 17.6. The Morgan fingerprint density at radius 3 is 2.53 bits per heavy atom. The fourth-order valence-corrected chi connectivity index (χ4v) is 3.84. The first kappa shape index (κ1) is 21.7. The number of rotatable bonds is 9. The highest BCUT2D eigenvalue weighted by molar-refractivity contribution is 5.97. The number of aromatic hydroxyl groups is 2. The van der Waals surface area contributed by atoms with Crippen LogP contribution in [0.2, 0.25) is 0 Å². The lowest BCUT2D eigenvalue weighted by molar-refractivity contribution is -0.150. The van der Waals surface area contributed by atoms with Crippen LogP contribution in [0.15, 0.2) is 34.7 Å². The van der Waals surface area contributed by atoms with Crippen molar-refractivity contribution >= 4 is 11.8 Å². The first-order chi connectivity index (χ1) is 14.4. The average molecular weight is 415 g/mol. The maximum absolute atomic E-state index is 13.2. The van der Waals surface area contributed by atoms with E-state index in [9.17, 15) is 19.8 Å². The predicted molar refractivity (Wildman–Crippen MR) is 112 cm³/mol. The summed E-state index contributed by atoms with van der Waals surface area (Å²) in [6, 6.07) is 6.82. The number of benzene rings is 1. The summed E-state index contributed by atoms with van der Waals surface area (Å²) in [5.74, 6) is 0.558. The van der Waals surface area contributed by atoms with Crippen LogP contribution in [0.3, 0.4) is 0 Å². The first-order valence-electron chi connectivity index (χ1n) is 10.6. The number of amides is 2. The van der Waals surface area contributed by atoms with Crippen molar-refractivity contribution in [2.24, 2.45) is 0 Å². The van der Waals surface area contributed by atoms with Gasteiger partial charge in [0.1, 0.15) is 23.6 Å². The van der Waals surface area contributed by atoms with E-state index < -0.39 is 12.1 Å². The van der Waals surface area contributed by atoms with Gasteiger partial charge in [-0.2, -0.15) is 0 Å². The standard InChI is InChI=1S/C23H30N2O5/c1-3-4-5-6-7-18-23(29)25(14-17-10-8-15(2)30-17)19(22(28)24-18)12-16-9-11-20(26)21(27)13-16/h8-11,13,18-19,26-27H,3-7,12,14H2,1-2H3,(H,24,28). The molecule has 7 heteroatoms. The van der Waals surface area contributed by atoms with Crippen molar-refractivity contribution in [1.29, 1.82) is 0 Å². The Hall–Kier alpha value is -2.96. The number of hydrogen-bond donors (Lipinski definition) is 3. The largest absolute Gasteiger partial charge is 0.504 e. The van der Waals surface area contributed by atoms with E-state index in [4.69, 9.17) is 4.42 Å². The van der Waals surface area contributed by atoms with Crippen LogP contribution in [0, 0.1) is 6.92 Å². The molecule has 1 saturated heterocycles. The Labute approximate surface area is 176 Å². The molecule has 2 aromatic rings. The number of piperazine rings is 1. The molecule has 7 nitrogen and oxygen atoms in total. The van der Waals surface area contributed by atoms with E-state index in [1.807, 2.05) is 19.1 Å². The van der Waals surface area contributed by atoms with Gasteiger partial charge in [0.05, 0.1) is 6.54 Å². The number of nitrogens with zero attached hydrogens (tertiary/aromatic N) is 1. The highest BCUT2D eigenvalue weighted by atomic mass is 16.3. The molecule has 2 unspecified atom stereocenters. The lowest BCUT2D eigenvalue weighted by Gasteiger charge is -2.38. The van der Waals surface area contributed by atoms with Crippen LogP contribution in [0.1, 0.15) is 56.1 Å². The van der Waals surface area contributed by atoms with Crippen molar-refractivity contribution in [2.45, 2.75) is 71.0 Å². The molecule has 1 fully saturated rings. The number of phenols is 2. The second kappa shape index (κ2) is 9.69. The Bertz CT molecular complexity index is 891. The van der Waals surface area contributed by atoms with Gasteiger partial charge in [-0.25, -0.2) is 0 Å². The zero-order valence-corrected chi connectivity index (χ0v) is 17.6. The molecule has 1 aliphatic heterocycles. The Morgan fingerprint density at radius 2 is 1.87 bits per heavy atom. The number of aryl methyl sites for hydroxylation is 1. The normalized spacial score (nSPS) is 19.2. The summed E-state index contributed by atoms with van der Waals surface area (Å²) < 4.78 is 5.65. The zero-order chi connectivity index (χ0) is 21.7. The van der Waals surface area contributed by atoms with Gasteiger partial charge >= 0.3 is 0 Å². The van der Waals surface area contributed by atoms with Crippen LogP contribution in [0.5, 0.6) is 11.5 Å². The molecule has 3 N–H and O–H groups in total. The Kier molecular flexibility index (Phi) is 7.03. The second-order valence-corrected chi connectivity index (χ2v) is 7.93. The van der Waals surface area contributed by atoms with Crippen LogP contribution >= 0.6 is 0 Å². The highest BCUT2D eigenvalue weighted by Gasteiger charge is 2.40. The molecule has 3 rings (SSSR count). The molecule has 1 aromatic heterocycles. The summed E-state index contributed by atoms with van der Waals surface area (Å²) in [7, 11) is 0. The molecule has 0 spiro atoms. The Balaban J connectivity index is 1.80. The smallest absolute Gasteiger partial charge is 0.246 e. The summed E-state index contributed by atoms with van der Waals surface area (Å²) in [5.41, 5.74) is 0.653. The molecule has 1 aromatic carbocycles. The van der Waals surface area contributed by atoms with Gasteiger partial charge in [-0.3, -0.25) is 9.59 Å². The number of hydrogen-bond acceptors (Lipinski definition) is 5. The lowest BCUT2D eigenvalue weighted by atomic mass is 9.96. The average Bonchev–Trinajstić information content (AvgIpc) is 3.12.